The second-order valence-corrected chi connectivity index (χ2v) is 6.85. The number of hydrogen-bond acceptors (Lipinski definition) is 4. The topological polar surface area (TPSA) is 72.6 Å². The maximum atomic E-state index is 12.1. The molecule has 1 fully saturated rings. The molecule has 0 radical (unpaired) electrons. The Kier molecular flexibility index (Phi) is 4.31. The standard InChI is InChI=1S/C13H20N2O3S/c1-11-5-4-8-15(11)19(16,17)10-9-18-13-7-3-2-6-12(13)14/h2-3,6-7,11H,4-5,8-10,14H2,1H3. The first-order valence-electron chi connectivity index (χ1n) is 6.47. The second-order valence-electron chi connectivity index (χ2n) is 4.80. The third-order valence-electron chi connectivity index (χ3n) is 3.37. The summed E-state index contributed by atoms with van der Waals surface area (Å²) in [6.45, 7) is 2.69. The van der Waals surface area contributed by atoms with Crippen molar-refractivity contribution in [2.45, 2.75) is 25.8 Å². The summed E-state index contributed by atoms with van der Waals surface area (Å²) in [5, 5.41) is 0. The van der Waals surface area contributed by atoms with Gasteiger partial charge in [0.05, 0.1) is 11.4 Å². The Bertz CT molecular complexity index is 530. The van der Waals surface area contributed by atoms with E-state index in [0.29, 0.717) is 18.0 Å². The lowest BCUT2D eigenvalue weighted by Crippen LogP contribution is -2.36. The molecule has 0 bridgehead atoms. The van der Waals surface area contributed by atoms with Crippen molar-refractivity contribution in [1.82, 2.24) is 4.31 Å². The van der Waals surface area contributed by atoms with Gasteiger partial charge in [-0.05, 0) is 31.9 Å². The molecule has 1 heterocycles. The molecule has 0 spiro atoms. The molecule has 0 aliphatic carbocycles. The van der Waals surface area contributed by atoms with Crippen LogP contribution in [0.3, 0.4) is 0 Å². The number of benzene rings is 1. The van der Waals surface area contributed by atoms with E-state index >= 15 is 0 Å². The van der Waals surface area contributed by atoms with E-state index in [-0.39, 0.29) is 18.4 Å². The molecule has 19 heavy (non-hydrogen) atoms. The van der Waals surface area contributed by atoms with Crippen molar-refractivity contribution in [3.8, 4) is 5.75 Å². The van der Waals surface area contributed by atoms with Gasteiger partial charge in [0.1, 0.15) is 12.4 Å². The van der Waals surface area contributed by atoms with E-state index < -0.39 is 10.0 Å². The fourth-order valence-corrected chi connectivity index (χ4v) is 3.90. The van der Waals surface area contributed by atoms with Crippen molar-refractivity contribution in [1.29, 1.82) is 0 Å². The summed E-state index contributed by atoms with van der Waals surface area (Å²) in [6.07, 6.45) is 1.87. The monoisotopic (exact) mass is 284 g/mol. The molecule has 1 aliphatic heterocycles. The largest absolute Gasteiger partial charge is 0.490 e. The molecule has 1 aromatic rings. The van der Waals surface area contributed by atoms with E-state index in [0.717, 1.165) is 12.8 Å². The summed E-state index contributed by atoms with van der Waals surface area (Å²) in [6, 6.07) is 7.19. The molecule has 2 N–H and O–H groups in total. The van der Waals surface area contributed by atoms with E-state index in [1.165, 1.54) is 0 Å². The maximum absolute atomic E-state index is 12.1. The summed E-state index contributed by atoms with van der Waals surface area (Å²) < 4.78 is 31.3. The van der Waals surface area contributed by atoms with Crippen molar-refractivity contribution >= 4 is 15.7 Å². The number of ether oxygens (including phenoxy) is 1. The summed E-state index contributed by atoms with van der Waals surface area (Å²) in [5.74, 6) is 0.526. The van der Waals surface area contributed by atoms with Crippen LogP contribution in [-0.4, -0.2) is 37.7 Å². The molecule has 0 saturated carbocycles. The number of sulfonamides is 1. The Labute approximate surface area is 114 Å². The fraction of sp³-hybridized carbons (Fsp3) is 0.538. The zero-order valence-electron chi connectivity index (χ0n) is 11.1. The summed E-state index contributed by atoms with van der Waals surface area (Å²) in [7, 11) is -3.22. The molecule has 1 aliphatic rings. The van der Waals surface area contributed by atoms with Gasteiger partial charge < -0.3 is 10.5 Å². The zero-order valence-corrected chi connectivity index (χ0v) is 11.9. The van der Waals surface area contributed by atoms with Crippen LogP contribution in [0.1, 0.15) is 19.8 Å². The Balaban J connectivity index is 1.90. The van der Waals surface area contributed by atoms with Crippen molar-refractivity contribution < 1.29 is 13.2 Å². The van der Waals surface area contributed by atoms with Gasteiger partial charge in [-0.15, -0.1) is 0 Å². The minimum atomic E-state index is -3.22. The highest BCUT2D eigenvalue weighted by Gasteiger charge is 2.30. The first kappa shape index (κ1) is 14.1. The van der Waals surface area contributed by atoms with Crippen molar-refractivity contribution in [2.75, 3.05) is 24.6 Å². The Morgan fingerprint density at radius 2 is 2.16 bits per heavy atom. The summed E-state index contributed by atoms with van der Waals surface area (Å²) in [5.41, 5.74) is 6.25. The molecule has 0 amide bonds. The predicted octanol–water partition coefficient (Wildman–Crippen LogP) is 1.46. The molecule has 1 atom stereocenters. The number of nitrogens with zero attached hydrogens (tertiary/aromatic N) is 1. The summed E-state index contributed by atoms with van der Waals surface area (Å²) in [4.78, 5) is 0. The number of hydrogen-bond donors (Lipinski definition) is 1. The van der Waals surface area contributed by atoms with Gasteiger partial charge in [-0.3, -0.25) is 0 Å². The maximum Gasteiger partial charge on any atom is 0.217 e. The Morgan fingerprint density at radius 3 is 2.79 bits per heavy atom. The molecule has 2 rings (SSSR count). The zero-order chi connectivity index (χ0) is 13.9. The minimum Gasteiger partial charge on any atom is -0.490 e. The number of para-hydroxylation sites is 2. The average Bonchev–Trinajstić information content (AvgIpc) is 2.79. The van der Waals surface area contributed by atoms with Gasteiger partial charge in [0.2, 0.25) is 10.0 Å². The second kappa shape index (κ2) is 5.79. The highest BCUT2D eigenvalue weighted by Crippen LogP contribution is 2.22. The molecule has 5 nitrogen and oxygen atoms in total. The van der Waals surface area contributed by atoms with Gasteiger partial charge in [-0.25, -0.2) is 8.42 Å². The molecular formula is C13H20N2O3S. The van der Waals surface area contributed by atoms with Crippen LogP contribution in [0.25, 0.3) is 0 Å². The Hall–Kier alpha value is -1.27. The van der Waals surface area contributed by atoms with Crippen molar-refractivity contribution in [3.05, 3.63) is 24.3 Å². The molecule has 1 aromatic carbocycles. The molecular weight excluding hydrogens is 264 g/mol. The third kappa shape index (κ3) is 3.39. The van der Waals surface area contributed by atoms with E-state index in [4.69, 9.17) is 10.5 Å². The van der Waals surface area contributed by atoms with E-state index in [2.05, 4.69) is 0 Å². The molecule has 6 heteroatoms. The lowest BCUT2D eigenvalue weighted by atomic mass is 10.3. The lowest BCUT2D eigenvalue weighted by molar-refractivity contribution is 0.334. The first-order valence-corrected chi connectivity index (χ1v) is 8.08. The smallest absolute Gasteiger partial charge is 0.217 e. The molecule has 0 aromatic heterocycles. The lowest BCUT2D eigenvalue weighted by Gasteiger charge is -2.20. The van der Waals surface area contributed by atoms with Gasteiger partial charge in [0.15, 0.2) is 0 Å². The van der Waals surface area contributed by atoms with Gasteiger partial charge in [0.25, 0.3) is 0 Å². The quantitative estimate of drug-likeness (QED) is 0.831. The van der Waals surface area contributed by atoms with Gasteiger partial charge >= 0.3 is 0 Å². The molecule has 106 valence electrons. The molecule has 1 saturated heterocycles. The van der Waals surface area contributed by atoms with Gasteiger partial charge in [0, 0.05) is 12.6 Å². The van der Waals surface area contributed by atoms with Crippen LogP contribution in [0.15, 0.2) is 24.3 Å². The van der Waals surface area contributed by atoms with Crippen LogP contribution in [0.2, 0.25) is 0 Å². The van der Waals surface area contributed by atoms with Gasteiger partial charge in [-0.2, -0.15) is 4.31 Å². The number of anilines is 1. The van der Waals surface area contributed by atoms with E-state index in [1.54, 1.807) is 16.4 Å². The van der Waals surface area contributed by atoms with Crippen LogP contribution >= 0.6 is 0 Å². The fourth-order valence-electron chi connectivity index (χ4n) is 2.31. The van der Waals surface area contributed by atoms with Crippen LogP contribution in [-0.2, 0) is 10.0 Å². The van der Waals surface area contributed by atoms with Gasteiger partial charge in [-0.1, -0.05) is 12.1 Å². The highest BCUT2D eigenvalue weighted by atomic mass is 32.2. The Morgan fingerprint density at radius 1 is 1.42 bits per heavy atom. The SMILES string of the molecule is CC1CCCN1S(=O)(=O)CCOc1ccccc1N. The normalized spacial score (nSPS) is 20.6. The number of rotatable bonds is 5. The predicted molar refractivity (Wildman–Crippen MR) is 75.5 cm³/mol. The van der Waals surface area contributed by atoms with E-state index in [1.807, 2.05) is 19.1 Å². The van der Waals surface area contributed by atoms with Crippen LogP contribution in [0, 0.1) is 0 Å². The number of nitrogens with two attached hydrogens (primary N) is 1. The van der Waals surface area contributed by atoms with E-state index in [9.17, 15) is 8.42 Å². The van der Waals surface area contributed by atoms with Crippen LogP contribution in [0.4, 0.5) is 5.69 Å². The molecule has 1 unspecified atom stereocenters. The number of nitrogen functional groups attached to an aromatic ring is 1. The average molecular weight is 284 g/mol. The first-order chi connectivity index (χ1) is 9.00. The van der Waals surface area contributed by atoms with Crippen LogP contribution < -0.4 is 10.5 Å². The minimum absolute atomic E-state index is 0.00826. The van der Waals surface area contributed by atoms with Crippen molar-refractivity contribution in [2.24, 2.45) is 0 Å². The third-order valence-corrected chi connectivity index (χ3v) is 5.31. The highest BCUT2D eigenvalue weighted by molar-refractivity contribution is 7.89. The summed E-state index contributed by atoms with van der Waals surface area (Å²) >= 11 is 0. The van der Waals surface area contributed by atoms with Crippen molar-refractivity contribution in [3.63, 3.8) is 0 Å². The van der Waals surface area contributed by atoms with Crippen LogP contribution in [0.5, 0.6) is 5.75 Å².